The average molecular weight is 443 g/mol. The molecule has 4 nitrogen and oxygen atoms in total. The van der Waals surface area contributed by atoms with Gasteiger partial charge in [-0.25, -0.2) is 8.78 Å². The Hall–Kier alpha value is -2.41. The van der Waals surface area contributed by atoms with Gasteiger partial charge < -0.3 is 9.80 Å². The molecule has 1 atom stereocenters. The van der Waals surface area contributed by atoms with Crippen LogP contribution < -0.4 is 4.90 Å². The summed E-state index contributed by atoms with van der Waals surface area (Å²) < 4.78 is 28.8. The molecule has 0 bridgehead atoms. The van der Waals surface area contributed by atoms with Gasteiger partial charge in [0.2, 0.25) is 5.91 Å². The Morgan fingerprint density at radius 3 is 2.58 bits per heavy atom. The van der Waals surface area contributed by atoms with Crippen molar-refractivity contribution in [3.8, 4) is 0 Å². The van der Waals surface area contributed by atoms with Crippen molar-refractivity contribution < 1.29 is 18.4 Å². The van der Waals surface area contributed by atoms with Crippen LogP contribution in [-0.2, 0) is 21.0 Å². The van der Waals surface area contributed by atoms with E-state index >= 15 is 0 Å². The number of aryl methyl sites for hydroxylation is 1. The molecule has 0 radical (unpaired) electrons. The largest absolute Gasteiger partial charge is 0.315 e. The SMILES string of the molecule is Cc1ccc2c(c1)C1(SCCN1C(=O)C1CCCC1)C(=O)N2Cc1c(F)cccc1F. The summed E-state index contributed by atoms with van der Waals surface area (Å²) in [7, 11) is 0. The first-order valence-corrected chi connectivity index (χ1v) is 11.7. The van der Waals surface area contributed by atoms with Crippen molar-refractivity contribution in [2.24, 2.45) is 5.92 Å². The number of carbonyl (C=O) groups excluding carboxylic acids is 2. The minimum atomic E-state index is -1.15. The zero-order chi connectivity index (χ0) is 21.8. The molecule has 2 aliphatic heterocycles. The number of benzene rings is 2. The summed E-state index contributed by atoms with van der Waals surface area (Å²) in [6.07, 6.45) is 3.78. The summed E-state index contributed by atoms with van der Waals surface area (Å²) in [5.74, 6) is -1.01. The predicted molar refractivity (Wildman–Crippen MR) is 117 cm³/mol. The molecule has 0 aromatic heterocycles. The first-order chi connectivity index (χ1) is 14.9. The van der Waals surface area contributed by atoms with Crippen molar-refractivity contribution >= 4 is 29.3 Å². The van der Waals surface area contributed by atoms with Crippen molar-refractivity contribution in [3.05, 3.63) is 64.7 Å². The van der Waals surface area contributed by atoms with Crippen LogP contribution in [0.15, 0.2) is 36.4 Å². The summed E-state index contributed by atoms with van der Waals surface area (Å²) in [5, 5.41) is 0. The third-order valence-corrected chi connectivity index (χ3v) is 8.12. The summed E-state index contributed by atoms with van der Waals surface area (Å²) >= 11 is 1.46. The fraction of sp³-hybridized carbons (Fsp3) is 0.417. The van der Waals surface area contributed by atoms with E-state index in [0.717, 1.165) is 36.8 Å². The molecule has 2 amide bonds. The van der Waals surface area contributed by atoms with E-state index < -0.39 is 16.5 Å². The number of rotatable bonds is 3. The lowest BCUT2D eigenvalue weighted by Gasteiger charge is -2.35. The maximum absolute atomic E-state index is 14.4. The number of nitrogens with zero attached hydrogens (tertiary/aromatic N) is 2. The fourth-order valence-corrected chi connectivity index (χ4v) is 6.60. The highest BCUT2D eigenvalue weighted by atomic mass is 32.2. The number of halogens is 2. The lowest BCUT2D eigenvalue weighted by Crippen LogP contribution is -2.51. The van der Waals surface area contributed by atoms with E-state index in [1.54, 1.807) is 4.90 Å². The summed E-state index contributed by atoms with van der Waals surface area (Å²) in [5.41, 5.74) is 2.21. The number of amides is 2. The Kier molecular flexibility index (Phi) is 5.04. The molecular formula is C24H24F2N2O2S. The third-order valence-electron chi connectivity index (χ3n) is 6.70. The second-order valence-corrected chi connectivity index (χ2v) is 9.86. The van der Waals surface area contributed by atoms with Crippen molar-refractivity contribution in [3.63, 3.8) is 0 Å². The lowest BCUT2D eigenvalue weighted by atomic mass is 10.00. The van der Waals surface area contributed by atoms with Crippen LogP contribution >= 0.6 is 11.8 Å². The first kappa shape index (κ1) is 20.5. The normalized spacial score (nSPS) is 23.3. The van der Waals surface area contributed by atoms with Gasteiger partial charge in [-0.3, -0.25) is 9.59 Å². The van der Waals surface area contributed by atoms with Crippen LogP contribution in [0.3, 0.4) is 0 Å². The molecule has 2 aromatic rings. The minimum absolute atomic E-state index is 0.0298. The molecule has 0 N–H and O–H groups in total. The standard InChI is InChI=1S/C24H24F2N2O2S/c1-15-9-10-21-18(13-15)24(28(11-12-31-24)22(29)16-5-2-3-6-16)23(30)27(21)14-17-19(25)7-4-8-20(17)26/h4,7-10,13,16H,2-3,5-6,11-12,14H2,1H3. The molecule has 1 spiro atoms. The molecule has 31 heavy (non-hydrogen) atoms. The van der Waals surface area contributed by atoms with Crippen LogP contribution in [0.25, 0.3) is 0 Å². The zero-order valence-corrected chi connectivity index (χ0v) is 18.2. The Morgan fingerprint density at radius 1 is 1.16 bits per heavy atom. The monoisotopic (exact) mass is 442 g/mol. The molecule has 2 fully saturated rings. The van der Waals surface area contributed by atoms with E-state index in [1.165, 1.54) is 34.9 Å². The summed E-state index contributed by atoms with van der Waals surface area (Å²) in [6.45, 7) is 2.24. The van der Waals surface area contributed by atoms with Crippen LogP contribution in [0, 0.1) is 24.5 Å². The summed E-state index contributed by atoms with van der Waals surface area (Å²) in [6, 6.07) is 9.37. The molecule has 1 saturated carbocycles. The maximum atomic E-state index is 14.4. The maximum Gasteiger partial charge on any atom is 0.268 e. The molecule has 1 aliphatic carbocycles. The Bertz CT molecular complexity index is 1050. The third kappa shape index (κ3) is 3.08. The zero-order valence-electron chi connectivity index (χ0n) is 17.4. The molecular weight excluding hydrogens is 418 g/mol. The Balaban J connectivity index is 1.60. The van der Waals surface area contributed by atoms with Gasteiger partial charge in [-0.05, 0) is 38.0 Å². The van der Waals surface area contributed by atoms with Crippen molar-refractivity contribution in [2.45, 2.75) is 44.0 Å². The average Bonchev–Trinajstić information content (AvgIpc) is 3.47. The number of fused-ring (bicyclic) bond motifs is 2. The van der Waals surface area contributed by atoms with Crippen molar-refractivity contribution in [1.82, 2.24) is 4.90 Å². The molecule has 3 aliphatic rings. The van der Waals surface area contributed by atoms with Crippen LogP contribution in [0.2, 0.25) is 0 Å². The minimum Gasteiger partial charge on any atom is -0.315 e. The van der Waals surface area contributed by atoms with Gasteiger partial charge in [0.15, 0.2) is 4.87 Å². The van der Waals surface area contributed by atoms with Crippen LogP contribution in [0.5, 0.6) is 0 Å². The van der Waals surface area contributed by atoms with E-state index in [0.29, 0.717) is 18.0 Å². The second-order valence-electron chi connectivity index (χ2n) is 8.58. The van der Waals surface area contributed by atoms with Gasteiger partial charge in [0, 0.05) is 29.3 Å². The van der Waals surface area contributed by atoms with E-state index in [2.05, 4.69) is 0 Å². The van der Waals surface area contributed by atoms with Gasteiger partial charge in [0.1, 0.15) is 11.6 Å². The lowest BCUT2D eigenvalue weighted by molar-refractivity contribution is -0.143. The molecule has 7 heteroatoms. The molecule has 5 rings (SSSR count). The highest BCUT2D eigenvalue weighted by molar-refractivity contribution is 8.01. The highest BCUT2D eigenvalue weighted by Crippen LogP contribution is 2.55. The smallest absolute Gasteiger partial charge is 0.268 e. The number of hydrogen-bond acceptors (Lipinski definition) is 3. The van der Waals surface area contributed by atoms with Gasteiger partial charge in [0.25, 0.3) is 5.91 Å². The van der Waals surface area contributed by atoms with E-state index in [1.807, 2.05) is 25.1 Å². The first-order valence-electron chi connectivity index (χ1n) is 10.7. The van der Waals surface area contributed by atoms with Crippen LogP contribution in [-0.4, -0.2) is 29.0 Å². The van der Waals surface area contributed by atoms with E-state index in [9.17, 15) is 18.4 Å². The highest BCUT2D eigenvalue weighted by Gasteiger charge is 2.60. The van der Waals surface area contributed by atoms with Gasteiger partial charge in [-0.15, -0.1) is 11.8 Å². The van der Waals surface area contributed by atoms with Crippen LogP contribution in [0.1, 0.15) is 42.4 Å². The molecule has 1 saturated heterocycles. The number of hydrogen-bond donors (Lipinski definition) is 0. The van der Waals surface area contributed by atoms with Crippen molar-refractivity contribution in [1.29, 1.82) is 0 Å². The fourth-order valence-electron chi connectivity index (χ4n) is 5.14. The van der Waals surface area contributed by atoms with Gasteiger partial charge >= 0.3 is 0 Å². The van der Waals surface area contributed by atoms with Gasteiger partial charge in [-0.2, -0.15) is 0 Å². The van der Waals surface area contributed by atoms with Gasteiger partial charge in [-0.1, -0.05) is 36.6 Å². The van der Waals surface area contributed by atoms with E-state index in [-0.39, 0.29) is 29.8 Å². The van der Waals surface area contributed by atoms with E-state index in [4.69, 9.17) is 0 Å². The van der Waals surface area contributed by atoms with Crippen molar-refractivity contribution in [2.75, 3.05) is 17.2 Å². The molecule has 2 aromatic carbocycles. The number of carbonyl (C=O) groups is 2. The van der Waals surface area contributed by atoms with Gasteiger partial charge in [0.05, 0.1) is 12.2 Å². The predicted octanol–water partition coefficient (Wildman–Crippen LogP) is 4.74. The molecule has 2 heterocycles. The molecule has 1 unspecified atom stereocenters. The topological polar surface area (TPSA) is 40.6 Å². The number of anilines is 1. The second kappa shape index (κ2) is 7.62. The quantitative estimate of drug-likeness (QED) is 0.690. The Morgan fingerprint density at radius 2 is 1.87 bits per heavy atom. The molecule has 162 valence electrons. The Labute approximate surface area is 184 Å². The summed E-state index contributed by atoms with van der Waals surface area (Å²) in [4.78, 5) is 29.4. The van der Waals surface area contributed by atoms with Crippen LogP contribution in [0.4, 0.5) is 14.5 Å². The number of thioether (sulfide) groups is 1.